The van der Waals surface area contributed by atoms with Crippen molar-refractivity contribution in [3.8, 4) is 0 Å². The van der Waals surface area contributed by atoms with Crippen LogP contribution in [0.15, 0.2) is 12.1 Å². The minimum absolute atomic E-state index is 0.147. The molecule has 2 N–H and O–H groups in total. The Labute approximate surface area is 108 Å². The summed E-state index contributed by atoms with van der Waals surface area (Å²) in [6.45, 7) is 2.71. The third-order valence-electron chi connectivity index (χ3n) is 2.88. The lowest BCUT2D eigenvalue weighted by Gasteiger charge is -2.25. The molecule has 1 amide bonds. The van der Waals surface area contributed by atoms with Crippen molar-refractivity contribution in [3.63, 3.8) is 0 Å². The number of carbonyl (C=O) groups is 1. The summed E-state index contributed by atoms with van der Waals surface area (Å²) in [5, 5.41) is 8.02. The molecule has 0 aliphatic heterocycles. The molecule has 18 heavy (non-hydrogen) atoms. The van der Waals surface area contributed by atoms with Gasteiger partial charge in [-0.2, -0.15) is 0 Å². The second kappa shape index (κ2) is 6.30. The van der Waals surface area contributed by atoms with Crippen LogP contribution in [0.3, 0.4) is 0 Å². The van der Waals surface area contributed by atoms with Crippen LogP contribution in [-0.4, -0.2) is 54.7 Å². The highest BCUT2D eigenvalue weighted by molar-refractivity contribution is 5.91. The zero-order valence-electron chi connectivity index (χ0n) is 11.4. The molecule has 1 atom stereocenters. The summed E-state index contributed by atoms with van der Waals surface area (Å²) in [7, 11) is 5.32. The summed E-state index contributed by atoms with van der Waals surface area (Å²) >= 11 is 0. The average Bonchev–Trinajstić information content (AvgIpc) is 2.37. The predicted molar refractivity (Wildman–Crippen MR) is 71.6 cm³/mol. The van der Waals surface area contributed by atoms with Crippen LogP contribution in [0, 0.1) is 0 Å². The summed E-state index contributed by atoms with van der Waals surface area (Å²) in [5.74, 6) is 0.595. The number of aromatic nitrogens is 2. The molecule has 0 aliphatic carbocycles. The number of nitrogens with two attached hydrogens (primary N) is 1. The molecular weight excluding hydrogens is 230 g/mol. The van der Waals surface area contributed by atoms with Crippen LogP contribution in [0.2, 0.25) is 0 Å². The van der Waals surface area contributed by atoms with Gasteiger partial charge in [0.1, 0.15) is 0 Å². The number of carbonyl (C=O) groups excluding carboxylic acids is 1. The highest BCUT2D eigenvalue weighted by atomic mass is 16.2. The van der Waals surface area contributed by atoms with Gasteiger partial charge >= 0.3 is 0 Å². The molecule has 100 valence electrons. The van der Waals surface area contributed by atoms with Gasteiger partial charge in [0.05, 0.1) is 0 Å². The molecule has 1 unspecified atom stereocenters. The Kier molecular flexibility index (Phi) is 5.03. The van der Waals surface area contributed by atoms with Gasteiger partial charge in [-0.05, 0) is 32.0 Å². The molecule has 6 nitrogen and oxygen atoms in total. The zero-order valence-corrected chi connectivity index (χ0v) is 11.4. The van der Waals surface area contributed by atoms with Gasteiger partial charge in [0.15, 0.2) is 11.5 Å². The molecule has 1 aromatic heterocycles. The lowest BCUT2D eigenvalue weighted by Crippen LogP contribution is -2.32. The van der Waals surface area contributed by atoms with Crippen molar-refractivity contribution in [2.24, 2.45) is 5.73 Å². The second-order valence-electron chi connectivity index (χ2n) is 4.51. The van der Waals surface area contributed by atoms with E-state index in [9.17, 15) is 4.79 Å². The summed E-state index contributed by atoms with van der Waals surface area (Å²) in [5.41, 5.74) is 5.88. The molecule has 6 heteroatoms. The van der Waals surface area contributed by atoms with E-state index in [2.05, 4.69) is 17.1 Å². The Morgan fingerprint density at radius 2 is 2.00 bits per heavy atom. The normalized spacial score (nSPS) is 12.1. The van der Waals surface area contributed by atoms with Gasteiger partial charge in [-0.3, -0.25) is 4.79 Å². The fourth-order valence-corrected chi connectivity index (χ4v) is 1.52. The average molecular weight is 251 g/mol. The molecule has 0 saturated heterocycles. The zero-order chi connectivity index (χ0) is 13.7. The van der Waals surface area contributed by atoms with Gasteiger partial charge in [-0.15, -0.1) is 10.2 Å². The minimum Gasteiger partial charge on any atom is -0.355 e. The summed E-state index contributed by atoms with van der Waals surface area (Å²) in [4.78, 5) is 15.1. The van der Waals surface area contributed by atoms with Gasteiger partial charge in [0.25, 0.3) is 5.91 Å². The Morgan fingerprint density at radius 1 is 1.33 bits per heavy atom. The molecule has 0 aromatic carbocycles. The number of hydrogen-bond donors (Lipinski definition) is 1. The van der Waals surface area contributed by atoms with Gasteiger partial charge in [0.2, 0.25) is 0 Å². The number of nitrogens with zero attached hydrogens (tertiary/aromatic N) is 4. The fraction of sp³-hybridized carbons (Fsp3) is 0.583. The molecule has 0 spiro atoms. The predicted octanol–water partition coefficient (Wildman–Crippen LogP) is 0.352. The Bertz CT molecular complexity index is 390. The fourth-order valence-electron chi connectivity index (χ4n) is 1.52. The van der Waals surface area contributed by atoms with Crippen molar-refractivity contribution >= 4 is 11.7 Å². The summed E-state index contributed by atoms with van der Waals surface area (Å²) < 4.78 is 0. The highest BCUT2D eigenvalue weighted by Crippen LogP contribution is 2.12. The first-order valence-electron chi connectivity index (χ1n) is 5.95. The van der Waals surface area contributed by atoms with Crippen LogP contribution in [0.25, 0.3) is 0 Å². The van der Waals surface area contributed by atoms with E-state index in [-0.39, 0.29) is 5.91 Å². The molecule has 0 radical (unpaired) electrons. The number of hydrogen-bond acceptors (Lipinski definition) is 5. The lowest BCUT2D eigenvalue weighted by atomic mass is 10.2. The van der Waals surface area contributed by atoms with Gasteiger partial charge < -0.3 is 15.5 Å². The minimum atomic E-state index is -0.147. The van der Waals surface area contributed by atoms with Crippen molar-refractivity contribution in [1.82, 2.24) is 15.1 Å². The smallest absolute Gasteiger partial charge is 0.273 e. The van der Waals surface area contributed by atoms with E-state index >= 15 is 0 Å². The van der Waals surface area contributed by atoms with Gasteiger partial charge in [-0.25, -0.2) is 0 Å². The van der Waals surface area contributed by atoms with Crippen molar-refractivity contribution < 1.29 is 4.79 Å². The van der Waals surface area contributed by atoms with Crippen LogP contribution in [0.4, 0.5) is 5.82 Å². The van der Waals surface area contributed by atoms with E-state index in [1.165, 1.54) is 4.90 Å². The summed E-state index contributed by atoms with van der Waals surface area (Å²) in [6.07, 6.45) is 0.885. The Morgan fingerprint density at radius 3 is 2.44 bits per heavy atom. The van der Waals surface area contributed by atoms with Crippen LogP contribution in [-0.2, 0) is 0 Å². The Hall–Kier alpha value is -1.69. The largest absolute Gasteiger partial charge is 0.355 e. The third kappa shape index (κ3) is 3.40. The van der Waals surface area contributed by atoms with E-state index in [0.29, 0.717) is 18.3 Å². The lowest BCUT2D eigenvalue weighted by molar-refractivity contribution is 0.0821. The van der Waals surface area contributed by atoms with Crippen LogP contribution >= 0.6 is 0 Å². The van der Waals surface area contributed by atoms with Crippen LogP contribution in [0.5, 0.6) is 0 Å². The second-order valence-corrected chi connectivity index (χ2v) is 4.51. The maximum atomic E-state index is 11.7. The molecule has 1 rings (SSSR count). The third-order valence-corrected chi connectivity index (χ3v) is 2.88. The van der Waals surface area contributed by atoms with E-state index in [4.69, 9.17) is 5.73 Å². The van der Waals surface area contributed by atoms with Crippen molar-refractivity contribution in [2.75, 3.05) is 32.6 Å². The van der Waals surface area contributed by atoms with Gasteiger partial charge in [0, 0.05) is 27.2 Å². The monoisotopic (exact) mass is 251 g/mol. The topological polar surface area (TPSA) is 75.3 Å². The highest BCUT2D eigenvalue weighted by Gasteiger charge is 2.14. The molecule has 0 bridgehead atoms. The van der Waals surface area contributed by atoms with Crippen LogP contribution < -0.4 is 10.6 Å². The molecule has 0 saturated carbocycles. The molecule has 1 heterocycles. The van der Waals surface area contributed by atoms with Gasteiger partial charge in [-0.1, -0.05) is 0 Å². The number of anilines is 1. The Balaban J connectivity index is 2.79. The first-order valence-corrected chi connectivity index (χ1v) is 5.95. The van der Waals surface area contributed by atoms with Crippen molar-refractivity contribution in [2.45, 2.75) is 19.4 Å². The van der Waals surface area contributed by atoms with Crippen molar-refractivity contribution in [1.29, 1.82) is 0 Å². The van der Waals surface area contributed by atoms with E-state index in [1.54, 1.807) is 26.2 Å². The maximum Gasteiger partial charge on any atom is 0.273 e. The van der Waals surface area contributed by atoms with Crippen molar-refractivity contribution in [3.05, 3.63) is 17.8 Å². The molecule has 1 aromatic rings. The maximum absolute atomic E-state index is 11.7. The number of amides is 1. The first-order chi connectivity index (χ1) is 8.47. The molecular formula is C12H21N5O. The van der Waals surface area contributed by atoms with E-state index < -0.39 is 0 Å². The first kappa shape index (κ1) is 14.4. The van der Waals surface area contributed by atoms with E-state index in [0.717, 1.165) is 12.2 Å². The SMILES string of the molecule is CC(CCN)N(C)c1ccc(C(=O)N(C)C)nn1. The molecule has 0 fully saturated rings. The van der Waals surface area contributed by atoms with Crippen LogP contribution in [0.1, 0.15) is 23.8 Å². The summed E-state index contributed by atoms with van der Waals surface area (Å²) in [6, 6.07) is 3.78. The van der Waals surface area contributed by atoms with E-state index in [1.807, 2.05) is 11.9 Å². The molecule has 0 aliphatic rings. The standard InChI is InChI=1S/C12H21N5O/c1-9(7-8-13)17(4)11-6-5-10(14-15-11)12(18)16(2)3/h5-6,9H,7-8,13H2,1-4H3. The number of rotatable bonds is 5. The quantitative estimate of drug-likeness (QED) is 0.817.